The summed E-state index contributed by atoms with van der Waals surface area (Å²) < 4.78 is 10.0. The Balaban J connectivity index is 2.60. The van der Waals surface area contributed by atoms with Crippen LogP contribution in [-0.2, 0) is 20.7 Å². The Kier molecular flexibility index (Phi) is 7.74. The van der Waals surface area contributed by atoms with Crippen molar-refractivity contribution in [2.45, 2.75) is 12.5 Å². The number of nitrogens with two attached hydrogens (primary N) is 1. The lowest BCUT2D eigenvalue weighted by Gasteiger charge is -2.25. The van der Waals surface area contributed by atoms with Gasteiger partial charge in [-0.05, 0) is 24.1 Å². The summed E-state index contributed by atoms with van der Waals surface area (Å²) >= 11 is 0. The summed E-state index contributed by atoms with van der Waals surface area (Å²) in [5.74, 6) is 0.0673. The van der Waals surface area contributed by atoms with Gasteiger partial charge in [-0.3, -0.25) is 4.79 Å². The van der Waals surface area contributed by atoms with E-state index in [2.05, 4.69) is 0 Å². The average Bonchev–Trinajstić information content (AvgIpc) is 2.49. The predicted molar refractivity (Wildman–Crippen MR) is 80.1 cm³/mol. The largest absolute Gasteiger partial charge is 0.508 e. The Morgan fingerprint density at radius 1 is 1.19 bits per heavy atom. The van der Waals surface area contributed by atoms with E-state index in [9.17, 15) is 9.90 Å². The maximum absolute atomic E-state index is 12.4. The number of carbonyl (C=O) groups excluding carboxylic acids is 1. The van der Waals surface area contributed by atoms with Crippen LogP contribution in [0.3, 0.4) is 0 Å². The number of ether oxygens (including phenoxy) is 2. The molecule has 21 heavy (non-hydrogen) atoms. The minimum absolute atomic E-state index is 0.128. The zero-order valence-electron chi connectivity index (χ0n) is 12.6. The van der Waals surface area contributed by atoms with Gasteiger partial charge in [-0.15, -0.1) is 0 Å². The van der Waals surface area contributed by atoms with E-state index in [0.717, 1.165) is 5.56 Å². The highest BCUT2D eigenvalue weighted by Crippen LogP contribution is 2.11. The van der Waals surface area contributed by atoms with Crippen LogP contribution in [0.25, 0.3) is 0 Å². The molecule has 0 radical (unpaired) electrons. The fourth-order valence-corrected chi connectivity index (χ4v) is 1.94. The second-order valence-corrected chi connectivity index (χ2v) is 4.79. The molecule has 1 atom stereocenters. The number of aromatic hydroxyl groups is 1. The monoisotopic (exact) mass is 296 g/mol. The van der Waals surface area contributed by atoms with Crippen LogP contribution in [-0.4, -0.2) is 62.5 Å². The molecule has 1 rings (SSSR count). The number of amides is 1. The van der Waals surface area contributed by atoms with E-state index < -0.39 is 6.04 Å². The Bertz CT molecular complexity index is 414. The van der Waals surface area contributed by atoms with E-state index in [1.54, 1.807) is 43.4 Å². The lowest BCUT2D eigenvalue weighted by Crippen LogP contribution is -2.47. The number of nitrogens with zero attached hydrogens (tertiary/aromatic N) is 1. The third kappa shape index (κ3) is 6.12. The fraction of sp³-hybridized carbons (Fsp3) is 0.533. The van der Waals surface area contributed by atoms with Gasteiger partial charge >= 0.3 is 0 Å². The number of rotatable bonds is 9. The van der Waals surface area contributed by atoms with Crippen LogP contribution < -0.4 is 5.73 Å². The Labute approximate surface area is 125 Å². The first-order valence-corrected chi connectivity index (χ1v) is 6.88. The van der Waals surface area contributed by atoms with Crippen molar-refractivity contribution in [2.75, 3.05) is 40.5 Å². The van der Waals surface area contributed by atoms with Gasteiger partial charge in [-0.2, -0.15) is 0 Å². The highest BCUT2D eigenvalue weighted by molar-refractivity contribution is 5.82. The Morgan fingerprint density at radius 2 is 1.71 bits per heavy atom. The molecular formula is C15H24N2O4. The highest BCUT2D eigenvalue weighted by Gasteiger charge is 2.20. The first-order valence-electron chi connectivity index (χ1n) is 6.88. The van der Waals surface area contributed by atoms with Crippen molar-refractivity contribution in [3.63, 3.8) is 0 Å². The fourth-order valence-electron chi connectivity index (χ4n) is 1.94. The smallest absolute Gasteiger partial charge is 0.239 e. The van der Waals surface area contributed by atoms with E-state index in [1.165, 1.54) is 0 Å². The number of phenols is 1. The zero-order valence-corrected chi connectivity index (χ0v) is 12.6. The molecule has 0 aliphatic heterocycles. The van der Waals surface area contributed by atoms with Crippen molar-refractivity contribution in [1.29, 1.82) is 0 Å². The van der Waals surface area contributed by atoms with Gasteiger partial charge in [0.25, 0.3) is 0 Å². The van der Waals surface area contributed by atoms with Gasteiger partial charge in [0, 0.05) is 27.3 Å². The first kappa shape index (κ1) is 17.4. The van der Waals surface area contributed by atoms with Gasteiger partial charge in [0.15, 0.2) is 0 Å². The molecule has 0 aromatic heterocycles. The van der Waals surface area contributed by atoms with Crippen molar-refractivity contribution in [3.8, 4) is 5.75 Å². The summed E-state index contributed by atoms with van der Waals surface area (Å²) in [7, 11) is 3.19. The molecule has 0 bridgehead atoms. The maximum Gasteiger partial charge on any atom is 0.239 e. The highest BCUT2D eigenvalue weighted by atomic mass is 16.5. The van der Waals surface area contributed by atoms with Gasteiger partial charge in [-0.1, -0.05) is 12.1 Å². The van der Waals surface area contributed by atoms with Crippen molar-refractivity contribution >= 4 is 5.91 Å². The minimum atomic E-state index is -0.622. The quantitative estimate of drug-likeness (QED) is 0.688. The topological polar surface area (TPSA) is 85.0 Å². The van der Waals surface area contributed by atoms with Gasteiger partial charge in [0.2, 0.25) is 5.91 Å². The molecule has 3 N–H and O–H groups in total. The molecule has 0 fully saturated rings. The standard InChI is InChI=1S/C15H24N2O4/c1-20-9-7-17(8-10-21-2)15(19)14(16)11-12-3-5-13(18)6-4-12/h3-6,14,18H,7-11,16H2,1-2H3/t14-/m1/s1. The number of carbonyl (C=O) groups is 1. The predicted octanol–water partition coefficient (Wildman–Crippen LogP) is 0.383. The van der Waals surface area contributed by atoms with E-state index in [4.69, 9.17) is 15.2 Å². The van der Waals surface area contributed by atoms with Crippen LogP contribution in [0.15, 0.2) is 24.3 Å². The number of phenolic OH excluding ortho intramolecular Hbond substituents is 1. The SMILES string of the molecule is COCCN(CCOC)C(=O)[C@H](N)Cc1ccc(O)cc1. The summed E-state index contributed by atoms with van der Waals surface area (Å²) in [4.78, 5) is 14.0. The molecule has 118 valence electrons. The molecule has 0 spiro atoms. The molecule has 0 saturated carbocycles. The molecule has 6 heteroatoms. The second kappa shape index (κ2) is 9.33. The van der Waals surface area contributed by atoms with E-state index in [-0.39, 0.29) is 11.7 Å². The molecule has 6 nitrogen and oxygen atoms in total. The Hall–Kier alpha value is -1.63. The summed E-state index contributed by atoms with van der Waals surface area (Å²) in [6, 6.07) is 6.07. The van der Waals surface area contributed by atoms with Gasteiger partial charge in [-0.25, -0.2) is 0 Å². The number of hydrogen-bond acceptors (Lipinski definition) is 5. The molecule has 0 unspecified atom stereocenters. The normalized spacial score (nSPS) is 12.1. The van der Waals surface area contributed by atoms with Crippen LogP contribution >= 0.6 is 0 Å². The lowest BCUT2D eigenvalue weighted by atomic mass is 10.1. The summed E-state index contributed by atoms with van der Waals surface area (Å²) in [6.07, 6.45) is 0.426. The number of methoxy groups -OCH3 is 2. The third-order valence-corrected chi connectivity index (χ3v) is 3.15. The van der Waals surface area contributed by atoms with Crippen LogP contribution in [0.5, 0.6) is 5.75 Å². The number of benzene rings is 1. The molecular weight excluding hydrogens is 272 g/mol. The van der Waals surface area contributed by atoms with Gasteiger partial charge in [0.05, 0.1) is 19.3 Å². The molecule has 1 aromatic rings. The van der Waals surface area contributed by atoms with Crippen LogP contribution in [0.2, 0.25) is 0 Å². The molecule has 1 amide bonds. The molecule has 0 aliphatic carbocycles. The Morgan fingerprint density at radius 3 is 2.19 bits per heavy atom. The van der Waals surface area contributed by atoms with E-state index >= 15 is 0 Å². The lowest BCUT2D eigenvalue weighted by molar-refractivity contribution is -0.133. The van der Waals surface area contributed by atoms with E-state index in [1.807, 2.05) is 0 Å². The summed E-state index contributed by atoms with van der Waals surface area (Å²) in [5, 5.41) is 9.25. The van der Waals surface area contributed by atoms with Crippen molar-refractivity contribution in [3.05, 3.63) is 29.8 Å². The summed E-state index contributed by atoms with van der Waals surface area (Å²) in [5.41, 5.74) is 6.91. The molecule has 0 aliphatic rings. The van der Waals surface area contributed by atoms with Crippen molar-refractivity contribution < 1.29 is 19.4 Å². The van der Waals surface area contributed by atoms with Gasteiger partial charge in [0.1, 0.15) is 5.75 Å². The average molecular weight is 296 g/mol. The second-order valence-electron chi connectivity index (χ2n) is 4.79. The number of hydrogen-bond donors (Lipinski definition) is 2. The van der Waals surface area contributed by atoms with Gasteiger partial charge < -0.3 is 25.2 Å². The van der Waals surface area contributed by atoms with Crippen LogP contribution in [0.4, 0.5) is 0 Å². The third-order valence-electron chi connectivity index (χ3n) is 3.15. The van der Waals surface area contributed by atoms with Crippen LogP contribution in [0, 0.1) is 0 Å². The molecule has 0 saturated heterocycles. The van der Waals surface area contributed by atoms with Crippen molar-refractivity contribution in [1.82, 2.24) is 4.90 Å². The minimum Gasteiger partial charge on any atom is -0.508 e. The molecule has 1 aromatic carbocycles. The summed E-state index contributed by atoms with van der Waals surface area (Å²) in [6.45, 7) is 1.90. The maximum atomic E-state index is 12.4. The molecule has 0 heterocycles. The van der Waals surface area contributed by atoms with Crippen molar-refractivity contribution in [2.24, 2.45) is 5.73 Å². The van der Waals surface area contributed by atoms with Crippen LogP contribution in [0.1, 0.15) is 5.56 Å². The first-order chi connectivity index (χ1) is 10.1. The zero-order chi connectivity index (χ0) is 15.7. The van der Waals surface area contributed by atoms with E-state index in [0.29, 0.717) is 32.7 Å².